The van der Waals surface area contributed by atoms with Crippen molar-refractivity contribution in [3.05, 3.63) is 30.3 Å². The molecular weight excluding hydrogens is 423 g/mol. The maximum Gasteiger partial charge on any atom is 0.459 e. The quantitative estimate of drug-likeness (QED) is 0.391. The molecule has 0 saturated carbocycles. The van der Waals surface area contributed by atoms with Crippen LogP contribution in [-0.4, -0.2) is 35.1 Å². The molecule has 1 aromatic rings. The van der Waals surface area contributed by atoms with Crippen LogP contribution in [0, 0.1) is 0 Å². The largest absolute Gasteiger partial charge is 0.459 e. The molecule has 1 aromatic carbocycles. The van der Waals surface area contributed by atoms with Crippen molar-refractivity contribution in [2.24, 2.45) is 0 Å². The third-order valence-corrected chi connectivity index (χ3v) is 4.54. The average Bonchev–Trinajstić information content (AvgIpc) is 2.41. The third-order valence-electron chi connectivity index (χ3n) is 3.01. The minimum atomic E-state index is -7.63. The molecule has 0 heterocycles. The van der Waals surface area contributed by atoms with E-state index < -0.39 is 51.8 Å². The van der Waals surface area contributed by atoms with E-state index in [1.165, 1.54) is 0 Å². The van der Waals surface area contributed by atoms with Gasteiger partial charge in [-0.05, 0) is 12.1 Å². The molecule has 0 fully saturated rings. The van der Waals surface area contributed by atoms with Crippen molar-refractivity contribution >= 4 is 11.8 Å². The third kappa shape index (κ3) is 3.31. The Hall–Kier alpha value is -1.34. The first-order chi connectivity index (χ1) is 11.3. The molecule has 0 aliphatic carbocycles. The van der Waals surface area contributed by atoms with Crippen molar-refractivity contribution in [2.45, 2.75) is 40.0 Å². The van der Waals surface area contributed by atoms with E-state index in [4.69, 9.17) is 0 Å². The molecule has 0 N–H and O–H groups in total. The van der Waals surface area contributed by atoms with Crippen molar-refractivity contribution < 1.29 is 57.1 Å². The van der Waals surface area contributed by atoms with E-state index in [2.05, 4.69) is 0 Å². The Kier molecular flexibility index (Phi) is 5.56. The Labute approximate surface area is 140 Å². The van der Waals surface area contributed by atoms with E-state index >= 15 is 0 Å². The molecule has 0 bridgehead atoms. The van der Waals surface area contributed by atoms with Crippen LogP contribution in [0.4, 0.5) is 57.1 Å². The Morgan fingerprint density at radius 1 is 0.500 bits per heavy atom. The van der Waals surface area contributed by atoms with E-state index in [1.807, 2.05) is 0 Å². The number of benzene rings is 1. The molecule has 0 aliphatic rings. The molecule has 0 aromatic heterocycles. The summed E-state index contributed by atoms with van der Waals surface area (Å²) in [4.78, 5) is -1.25. The van der Waals surface area contributed by atoms with Gasteiger partial charge in [-0.15, -0.1) is 0 Å². The maximum absolute atomic E-state index is 13.8. The minimum Gasteiger partial charge on any atom is -0.197 e. The van der Waals surface area contributed by atoms with Gasteiger partial charge in [-0.2, -0.15) is 57.1 Å². The van der Waals surface area contributed by atoms with Gasteiger partial charge in [0.05, 0.1) is 0 Å². The Bertz CT molecular complexity index is 597. The van der Waals surface area contributed by atoms with Crippen molar-refractivity contribution in [3.63, 3.8) is 0 Å². The molecule has 0 radical (unpaired) electrons. The topological polar surface area (TPSA) is 0 Å². The second-order valence-electron chi connectivity index (χ2n) is 4.74. The predicted octanol–water partition coefficient (Wildman–Crippen LogP) is 6.48. The predicted molar refractivity (Wildman–Crippen MR) is 63.1 cm³/mol. The van der Waals surface area contributed by atoms with Gasteiger partial charge in [0.1, 0.15) is 0 Å². The molecule has 0 aliphatic heterocycles. The molecule has 0 nitrogen and oxygen atoms in total. The number of hydrogen-bond donors (Lipinski definition) is 0. The van der Waals surface area contributed by atoms with Crippen LogP contribution in [0.1, 0.15) is 0 Å². The van der Waals surface area contributed by atoms with Crippen LogP contribution < -0.4 is 0 Å². The fourth-order valence-electron chi connectivity index (χ4n) is 1.76. The summed E-state index contributed by atoms with van der Waals surface area (Å²) in [5.74, 6) is -15.3. The van der Waals surface area contributed by atoms with Crippen LogP contribution in [0.15, 0.2) is 35.2 Å². The Morgan fingerprint density at radius 2 is 0.885 bits per heavy atom. The van der Waals surface area contributed by atoms with Gasteiger partial charge in [0.15, 0.2) is 0 Å². The lowest BCUT2D eigenvalue weighted by atomic mass is 9.92. The molecule has 0 unspecified atom stereocenters. The van der Waals surface area contributed by atoms with Crippen LogP contribution in [-0.2, 0) is 0 Å². The first-order valence-corrected chi connectivity index (χ1v) is 6.84. The first-order valence-electron chi connectivity index (χ1n) is 6.03. The summed E-state index contributed by atoms with van der Waals surface area (Å²) in [7, 11) is 0. The summed E-state index contributed by atoms with van der Waals surface area (Å²) in [6.07, 6.45) is -21.8. The van der Waals surface area contributed by atoms with Gasteiger partial charge in [-0.25, -0.2) is 0 Å². The fourth-order valence-corrected chi connectivity index (χ4v) is 2.90. The van der Waals surface area contributed by atoms with E-state index in [-0.39, 0.29) is 0 Å². The maximum atomic E-state index is 13.8. The highest BCUT2D eigenvalue weighted by Crippen LogP contribution is 2.66. The van der Waals surface area contributed by atoms with Gasteiger partial charge >= 0.3 is 30.4 Å². The summed E-state index contributed by atoms with van der Waals surface area (Å²) in [5, 5.41) is 0. The van der Waals surface area contributed by atoms with Gasteiger partial charge in [0.2, 0.25) is 0 Å². The van der Waals surface area contributed by atoms with Crippen LogP contribution in [0.25, 0.3) is 0 Å². The van der Waals surface area contributed by atoms with Gasteiger partial charge in [0, 0.05) is 4.90 Å². The second kappa shape index (κ2) is 6.37. The highest BCUT2D eigenvalue weighted by Gasteiger charge is 2.92. The summed E-state index contributed by atoms with van der Waals surface area (Å²) in [6.45, 7) is 0. The van der Waals surface area contributed by atoms with Crippen LogP contribution >= 0.6 is 11.8 Å². The number of alkyl halides is 13. The van der Waals surface area contributed by atoms with Gasteiger partial charge in [-0.1, -0.05) is 30.0 Å². The lowest BCUT2D eigenvalue weighted by molar-refractivity contribution is -0.406. The highest BCUT2D eigenvalue weighted by molar-refractivity contribution is 8.01. The summed E-state index contributed by atoms with van der Waals surface area (Å²) in [5.41, 5.74) is 0. The van der Waals surface area contributed by atoms with Gasteiger partial charge < -0.3 is 0 Å². The van der Waals surface area contributed by atoms with Crippen LogP contribution in [0.3, 0.4) is 0 Å². The molecule has 0 spiro atoms. The molecule has 26 heavy (non-hydrogen) atoms. The van der Waals surface area contributed by atoms with Crippen LogP contribution in [0.5, 0.6) is 0 Å². The van der Waals surface area contributed by atoms with E-state index in [9.17, 15) is 57.1 Å². The number of rotatable bonds is 4. The molecule has 150 valence electrons. The zero-order chi connectivity index (χ0) is 20.8. The molecule has 0 saturated heterocycles. The molecule has 0 atom stereocenters. The standard InChI is InChI=1S/C12H5F13S/c13-8(14,9(15,16)12(23,24)25)7(10(17,18)19,11(20,21)22)26-6-4-2-1-3-5-6/h1-5H. The van der Waals surface area contributed by atoms with Crippen LogP contribution in [0.2, 0.25) is 0 Å². The molecular formula is C12H5F13S. The van der Waals surface area contributed by atoms with Crippen molar-refractivity contribution in [1.82, 2.24) is 0 Å². The normalized spacial score (nSPS) is 15.3. The van der Waals surface area contributed by atoms with E-state index in [0.717, 1.165) is 18.2 Å². The SMILES string of the molecule is FC(F)(F)C(F)(F)C(F)(F)C(Sc1ccccc1)(C(F)(F)F)C(F)(F)F. The Balaban J connectivity index is 3.85. The number of thioether (sulfide) groups is 1. The number of hydrogen-bond acceptors (Lipinski definition) is 1. The summed E-state index contributed by atoms with van der Waals surface area (Å²) < 4.78 is 162. The highest BCUT2D eigenvalue weighted by atomic mass is 32.2. The lowest BCUT2D eigenvalue weighted by Crippen LogP contribution is -2.73. The van der Waals surface area contributed by atoms with Crippen molar-refractivity contribution in [3.8, 4) is 0 Å². The average molecular weight is 428 g/mol. The monoisotopic (exact) mass is 428 g/mol. The molecule has 1 rings (SSSR count). The van der Waals surface area contributed by atoms with E-state index in [0.29, 0.717) is 12.1 Å². The fraction of sp³-hybridized carbons (Fsp3) is 0.500. The second-order valence-corrected chi connectivity index (χ2v) is 6.03. The number of halogens is 13. The minimum absolute atomic E-state index is 0.415. The zero-order valence-electron chi connectivity index (χ0n) is 11.7. The zero-order valence-corrected chi connectivity index (χ0v) is 12.5. The van der Waals surface area contributed by atoms with E-state index in [1.54, 1.807) is 0 Å². The van der Waals surface area contributed by atoms with Crippen molar-refractivity contribution in [2.75, 3.05) is 0 Å². The summed E-state index contributed by atoms with van der Waals surface area (Å²) in [6, 6.07) is 3.42. The van der Waals surface area contributed by atoms with Gasteiger partial charge in [0.25, 0.3) is 4.75 Å². The lowest BCUT2D eigenvalue weighted by Gasteiger charge is -2.44. The summed E-state index contributed by atoms with van der Waals surface area (Å²) >= 11 is -1.88. The molecule has 14 heteroatoms. The van der Waals surface area contributed by atoms with Crippen molar-refractivity contribution in [1.29, 1.82) is 0 Å². The smallest absolute Gasteiger partial charge is 0.197 e. The molecule has 0 amide bonds. The Morgan fingerprint density at radius 3 is 1.19 bits per heavy atom. The first kappa shape index (κ1) is 22.7. The van der Waals surface area contributed by atoms with Gasteiger partial charge in [-0.3, -0.25) is 0 Å².